The summed E-state index contributed by atoms with van der Waals surface area (Å²) in [5.41, 5.74) is 3.08. The Labute approximate surface area is 129 Å². The number of nitrogens with zero attached hydrogens (tertiary/aromatic N) is 1. The highest BCUT2D eigenvalue weighted by Gasteiger charge is 2.09. The topological polar surface area (TPSA) is 22.1 Å². The van der Waals surface area contributed by atoms with E-state index in [9.17, 15) is 0 Å². The molecule has 3 aromatic rings. The van der Waals surface area contributed by atoms with Crippen LogP contribution in [0.5, 0.6) is 11.5 Å². The van der Waals surface area contributed by atoms with E-state index in [0.717, 1.165) is 34.5 Å². The van der Waals surface area contributed by atoms with Crippen LogP contribution in [0.3, 0.4) is 0 Å². The van der Waals surface area contributed by atoms with Crippen LogP contribution in [-0.4, -0.2) is 10.9 Å². The van der Waals surface area contributed by atoms with Crippen LogP contribution in [0.1, 0.15) is 11.3 Å². The number of hydrogen-bond donors (Lipinski definition) is 0. The number of halogens is 1. The van der Waals surface area contributed by atoms with Gasteiger partial charge in [-0.25, -0.2) is 4.98 Å². The molecule has 0 bridgehead atoms. The minimum Gasteiger partial charge on any atom is -0.455 e. The molecule has 0 fully saturated rings. The van der Waals surface area contributed by atoms with E-state index in [0.29, 0.717) is 5.88 Å². The van der Waals surface area contributed by atoms with Gasteiger partial charge in [0.15, 0.2) is 5.75 Å². The number of alkyl halides is 1. The van der Waals surface area contributed by atoms with Gasteiger partial charge in [-0.15, -0.1) is 11.6 Å². The number of para-hydroxylation sites is 2. The number of aromatic nitrogens is 1. The maximum Gasteiger partial charge on any atom is 0.153 e. The zero-order chi connectivity index (χ0) is 14.7. The van der Waals surface area contributed by atoms with Crippen LogP contribution < -0.4 is 4.74 Å². The van der Waals surface area contributed by atoms with Gasteiger partial charge in [-0.2, -0.15) is 0 Å². The fourth-order valence-corrected chi connectivity index (χ4v) is 2.65. The Kier molecular flexibility index (Phi) is 4.07. The van der Waals surface area contributed by atoms with Gasteiger partial charge >= 0.3 is 0 Å². The Balaban J connectivity index is 2.11. The smallest absolute Gasteiger partial charge is 0.153 e. The van der Waals surface area contributed by atoms with Gasteiger partial charge in [-0.1, -0.05) is 30.3 Å². The van der Waals surface area contributed by atoms with E-state index in [1.807, 2.05) is 49.4 Å². The Bertz CT molecular complexity index is 756. The second-order valence-corrected chi connectivity index (χ2v) is 5.31. The van der Waals surface area contributed by atoms with Crippen LogP contribution in [0.25, 0.3) is 10.9 Å². The first-order valence-corrected chi connectivity index (χ1v) is 7.49. The maximum absolute atomic E-state index is 5.98. The van der Waals surface area contributed by atoms with Crippen molar-refractivity contribution in [3.05, 3.63) is 65.9 Å². The first-order chi connectivity index (χ1) is 10.3. The number of pyridine rings is 1. The molecule has 0 atom stereocenters. The average Bonchev–Trinajstić information content (AvgIpc) is 2.49. The molecule has 2 nitrogen and oxygen atoms in total. The normalized spacial score (nSPS) is 10.8. The highest BCUT2D eigenvalue weighted by atomic mass is 35.5. The Hall–Kier alpha value is -2.06. The predicted octanol–water partition coefficient (Wildman–Crippen LogP) is 5.12. The van der Waals surface area contributed by atoms with E-state index in [1.165, 1.54) is 5.56 Å². The summed E-state index contributed by atoms with van der Waals surface area (Å²) in [5.74, 6) is 2.19. The van der Waals surface area contributed by atoms with Gasteiger partial charge in [0.25, 0.3) is 0 Å². The third-order valence-corrected chi connectivity index (χ3v) is 3.54. The number of aryl methyl sites for hydroxylation is 2. The molecule has 2 aromatic carbocycles. The highest BCUT2D eigenvalue weighted by molar-refractivity contribution is 6.18. The molecule has 0 aliphatic rings. The van der Waals surface area contributed by atoms with Crippen LogP contribution in [0.2, 0.25) is 0 Å². The van der Waals surface area contributed by atoms with Crippen LogP contribution in [0, 0.1) is 6.92 Å². The molecule has 0 radical (unpaired) electrons. The number of rotatable bonds is 4. The Morgan fingerprint density at radius 3 is 2.62 bits per heavy atom. The molecule has 3 rings (SSSR count). The van der Waals surface area contributed by atoms with E-state index in [4.69, 9.17) is 16.3 Å². The Morgan fingerprint density at radius 2 is 1.86 bits per heavy atom. The second-order valence-electron chi connectivity index (χ2n) is 4.93. The van der Waals surface area contributed by atoms with Gasteiger partial charge in [-0.3, -0.25) is 0 Å². The highest BCUT2D eigenvalue weighted by Crippen LogP contribution is 2.30. The zero-order valence-electron chi connectivity index (χ0n) is 11.8. The van der Waals surface area contributed by atoms with Gasteiger partial charge in [0, 0.05) is 17.0 Å². The van der Waals surface area contributed by atoms with Crippen molar-refractivity contribution in [3.8, 4) is 11.5 Å². The molecule has 3 heteroatoms. The lowest BCUT2D eigenvalue weighted by molar-refractivity contribution is 0.487. The molecular weight excluding hydrogens is 282 g/mol. The maximum atomic E-state index is 5.98. The molecule has 0 aliphatic heterocycles. The van der Waals surface area contributed by atoms with E-state index in [2.05, 4.69) is 17.1 Å². The fraction of sp³-hybridized carbons (Fsp3) is 0.167. The molecular formula is C18H16ClNO. The van der Waals surface area contributed by atoms with Crippen molar-refractivity contribution in [1.29, 1.82) is 0 Å². The molecule has 0 saturated carbocycles. The summed E-state index contributed by atoms with van der Waals surface area (Å²) in [6.07, 6.45) is 0.830. The average molecular weight is 298 g/mol. The van der Waals surface area contributed by atoms with Gasteiger partial charge in [-0.05, 0) is 43.2 Å². The van der Waals surface area contributed by atoms with Crippen molar-refractivity contribution < 1.29 is 4.74 Å². The summed E-state index contributed by atoms with van der Waals surface area (Å²) in [6, 6.07) is 17.9. The third-order valence-electron chi connectivity index (χ3n) is 3.35. The zero-order valence-corrected chi connectivity index (χ0v) is 12.6. The number of ether oxygens (including phenoxy) is 1. The molecule has 1 heterocycles. The Morgan fingerprint density at radius 1 is 1.05 bits per heavy atom. The molecule has 0 unspecified atom stereocenters. The molecule has 0 saturated heterocycles. The molecule has 0 N–H and O–H groups in total. The SMILES string of the molecule is Cc1cc(CCCl)c2cccc(Oc3ccccc3)c2n1. The number of hydrogen-bond acceptors (Lipinski definition) is 2. The lowest BCUT2D eigenvalue weighted by Gasteiger charge is -2.11. The van der Waals surface area contributed by atoms with E-state index in [1.54, 1.807) is 0 Å². The summed E-state index contributed by atoms with van der Waals surface area (Å²) in [5, 5.41) is 1.11. The molecule has 21 heavy (non-hydrogen) atoms. The lowest BCUT2D eigenvalue weighted by atomic mass is 10.1. The van der Waals surface area contributed by atoms with E-state index < -0.39 is 0 Å². The molecule has 0 amide bonds. The number of fused-ring (bicyclic) bond motifs is 1. The van der Waals surface area contributed by atoms with Crippen molar-refractivity contribution in [2.24, 2.45) is 0 Å². The summed E-state index contributed by atoms with van der Waals surface area (Å²) in [6.45, 7) is 2.00. The van der Waals surface area contributed by atoms with Crippen molar-refractivity contribution >= 4 is 22.5 Å². The number of benzene rings is 2. The van der Waals surface area contributed by atoms with Crippen LogP contribution >= 0.6 is 11.6 Å². The van der Waals surface area contributed by atoms with Crippen LogP contribution in [0.15, 0.2) is 54.6 Å². The quantitative estimate of drug-likeness (QED) is 0.624. The van der Waals surface area contributed by atoms with Gasteiger partial charge in [0.2, 0.25) is 0 Å². The van der Waals surface area contributed by atoms with Gasteiger partial charge in [0.05, 0.1) is 0 Å². The van der Waals surface area contributed by atoms with Crippen molar-refractivity contribution in [1.82, 2.24) is 4.98 Å². The first kappa shape index (κ1) is 13.9. The minimum absolute atomic E-state index is 0.600. The van der Waals surface area contributed by atoms with Gasteiger partial charge < -0.3 is 4.74 Å². The lowest BCUT2D eigenvalue weighted by Crippen LogP contribution is -1.95. The van der Waals surface area contributed by atoms with Crippen molar-refractivity contribution in [2.45, 2.75) is 13.3 Å². The first-order valence-electron chi connectivity index (χ1n) is 6.96. The van der Waals surface area contributed by atoms with Gasteiger partial charge in [0.1, 0.15) is 11.3 Å². The largest absolute Gasteiger partial charge is 0.455 e. The second kappa shape index (κ2) is 6.15. The minimum atomic E-state index is 0.600. The van der Waals surface area contributed by atoms with Crippen LogP contribution in [-0.2, 0) is 6.42 Å². The van der Waals surface area contributed by atoms with E-state index >= 15 is 0 Å². The standard InChI is InChI=1S/C18H16ClNO/c1-13-12-14(10-11-19)16-8-5-9-17(18(16)20-13)21-15-6-3-2-4-7-15/h2-9,12H,10-11H2,1H3. The van der Waals surface area contributed by atoms with Crippen molar-refractivity contribution in [2.75, 3.05) is 5.88 Å². The summed E-state index contributed by atoms with van der Waals surface area (Å²) in [7, 11) is 0. The van der Waals surface area contributed by atoms with E-state index in [-0.39, 0.29) is 0 Å². The van der Waals surface area contributed by atoms with Crippen LogP contribution in [0.4, 0.5) is 0 Å². The monoisotopic (exact) mass is 297 g/mol. The third kappa shape index (κ3) is 3.01. The van der Waals surface area contributed by atoms with Crippen molar-refractivity contribution in [3.63, 3.8) is 0 Å². The molecule has 0 spiro atoms. The predicted molar refractivity (Wildman–Crippen MR) is 87.4 cm³/mol. The molecule has 1 aromatic heterocycles. The summed E-state index contributed by atoms with van der Waals surface area (Å²) >= 11 is 5.91. The summed E-state index contributed by atoms with van der Waals surface area (Å²) in [4.78, 5) is 4.65. The molecule has 106 valence electrons. The summed E-state index contributed by atoms with van der Waals surface area (Å²) < 4.78 is 5.98. The fourth-order valence-electron chi connectivity index (χ4n) is 2.44. The molecule has 0 aliphatic carbocycles.